The molecule has 4 rings (SSSR count). The number of thiophene rings is 1. The van der Waals surface area contributed by atoms with E-state index in [1.165, 1.54) is 23.3 Å². The van der Waals surface area contributed by atoms with Crippen LogP contribution in [0.25, 0.3) is 0 Å². The molecule has 1 saturated heterocycles. The van der Waals surface area contributed by atoms with Crippen LogP contribution in [0.5, 0.6) is 0 Å². The molecule has 1 spiro atoms. The minimum Gasteiger partial charge on any atom is -0.381 e. The Bertz CT molecular complexity index is 858. The van der Waals surface area contributed by atoms with Crippen molar-refractivity contribution in [2.24, 2.45) is 5.92 Å². The van der Waals surface area contributed by atoms with Gasteiger partial charge in [0.05, 0.1) is 12.2 Å². The van der Waals surface area contributed by atoms with Crippen molar-refractivity contribution in [1.29, 1.82) is 0 Å². The van der Waals surface area contributed by atoms with E-state index in [1.807, 2.05) is 11.3 Å². The summed E-state index contributed by atoms with van der Waals surface area (Å²) < 4.78 is 12.2. The van der Waals surface area contributed by atoms with E-state index in [4.69, 9.17) is 21.1 Å². The number of halogens is 1. The molecule has 0 bridgehead atoms. The van der Waals surface area contributed by atoms with Gasteiger partial charge in [0.15, 0.2) is 0 Å². The van der Waals surface area contributed by atoms with Gasteiger partial charge in [-0.25, -0.2) is 0 Å². The summed E-state index contributed by atoms with van der Waals surface area (Å²) in [5.74, 6) is 1.70. The molecule has 38 heavy (non-hydrogen) atoms. The zero-order valence-corrected chi connectivity index (χ0v) is 25.5. The Kier molecular flexibility index (Phi) is 12.3. The third-order valence-electron chi connectivity index (χ3n) is 8.92. The monoisotopic (exact) mass is 566 g/mol. The van der Waals surface area contributed by atoms with E-state index in [0.29, 0.717) is 24.4 Å². The fourth-order valence-corrected chi connectivity index (χ4v) is 7.97. The van der Waals surface area contributed by atoms with Crippen molar-refractivity contribution in [3.8, 4) is 0 Å². The van der Waals surface area contributed by atoms with Crippen molar-refractivity contribution in [3.05, 3.63) is 21.4 Å². The maximum Gasteiger partial charge on any atom is 0.220 e. The molecule has 5 nitrogen and oxygen atoms in total. The molecule has 7 heteroatoms. The van der Waals surface area contributed by atoms with Gasteiger partial charge in [-0.15, -0.1) is 22.9 Å². The highest BCUT2D eigenvalue weighted by molar-refractivity contribution is 7.12. The summed E-state index contributed by atoms with van der Waals surface area (Å²) in [7, 11) is 0. The van der Waals surface area contributed by atoms with Crippen molar-refractivity contribution < 1.29 is 14.3 Å². The third kappa shape index (κ3) is 8.42. The lowest BCUT2D eigenvalue weighted by Crippen LogP contribution is -2.54. The summed E-state index contributed by atoms with van der Waals surface area (Å²) in [5.41, 5.74) is 1.45. The number of hydrogen-bond acceptors (Lipinski definition) is 5. The molecule has 0 unspecified atom stereocenters. The van der Waals surface area contributed by atoms with Crippen molar-refractivity contribution in [2.45, 2.75) is 121 Å². The quantitative estimate of drug-likeness (QED) is 0.176. The number of nitrogens with zero attached hydrogens (tertiary/aromatic N) is 1. The van der Waals surface area contributed by atoms with Crippen molar-refractivity contribution in [3.63, 3.8) is 0 Å². The molecule has 3 aliphatic rings. The number of fused-ring (bicyclic) bond motifs is 2. The Labute approximate surface area is 240 Å². The minimum absolute atomic E-state index is 0.0557. The van der Waals surface area contributed by atoms with E-state index < -0.39 is 0 Å². The van der Waals surface area contributed by atoms with E-state index in [1.54, 1.807) is 4.88 Å². The number of likely N-dealkylation sites (tertiary alicyclic amines) is 1. The lowest BCUT2D eigenvalue weighted by molar-refractivity contribution is -0.123. The maximum atomic E-state index is 12.4. The predicted molar refractivity (Wildman–Crippen MR) is 158 cm³/mol. The first-order valence-corrected chi connectivity index (χ1v) is 16.8. The van der Waals surface area contributed by atoms with Gasteiger partial charge in [-0.1, -0.05) is 26.2 Å². The highest BCUT2D eigenvalue weighted by Gasteiger charge is 2.45. The number of aryl methyl sites for hydroxylation is 1. The molecule has 2 atom stereocenters. The van der Waals surface area contributed by atoms with Gasteiger partial charge in [0.25, 0.3) is 0 Å². The highest BCUT2D eigenvalue weighted by atomic mass is 35.5. The summed E-state index contributed by atoms with van der Waals surface area (Å²) in [4.78, 5) is 18.1. The number of hydrogen-bond donors (Lipinski definition) is 1. The van der Waals surface area contributed by atoms with Crippen molar-refractivity contribution in [1.82, 2.24) is 10.2 Å². The number of rotatable bonds is 16. The van der Waals surface area contributed by atoms with Gasteiger partial charge in [-0.2, -0.15) is 0 Å². The molecule has 1 aliphatic carbocycles. The van der Waals surface area contributed by atoms with Gasteiger partial charge in [-0.05, 0) is 82.3 Å². The fraction of sp³-hybridized carbons (Fsp3) is 0.839. The first kappa shape index (κ1) is 30.3. The van der Waals surface area contributed by atoms with Crippen LogP contribution >= 0.6 is 22.9 Å². The van der Waals surface area contributed by atoms with Crippen LogP contribution in [-0.2, 0) is 32.7 Å². The first-order valence-electron chi connectivity index (χ1n) is 15.5. The van der Waals surface area contributed by atoms with E-state index >= 15 is 0 Å². The topological polar surface area (TPSA) is 50.8 Å². The Balaban J connectivity index is 1.05. The Morgan fingerprint density at radius 2 is 1.95 bits per heavy atom. The number of alkyl halides is 1. The molecule has 3 heterocycles. The fourth-order valence-electron chi connectivity index (χ4n) is 6.60. The summed E-state index contributed by atoms with van der Waals surface area (Å²) in [6.45, 7) is 9.46. The van der Waals surface area contributed by atoms with Crippen molar-refractivity contribution >= 4 is 28.8 Å². The van der Waals surface area contributed by atoms with Gasteiger partial charge in [-0.3, -0.25) is 4.79 Å². The standard InChI is InChI=1S/C31H51ClN2O3S/c1-3-27-21-28-29(38-27)12-18-37-31(28)13-15-34(24(2)22-31)23-25-19-26(20-25)33-30(35)11-7-6-10-17-36-16-9-5-4-8-14-32/h21,24-26H,3-20,22-23H2,1-2H3,(H,33,35)/t24-,25?,26?,31+/m0/s1. The van der Waals surface area contributed by atoms with Crippen LogP contribution in [0.15, 0.2) is 6.07 Å². The third-order valence-corrected chi connectivity index (χ3v) is 10.5. The van der Waals surface area contributed by atoms with Crippen LogP contribution in [0.1, 0.15) is 106 Å². The number of amides is 1. The van der Waals surface area contributed by atoms with Gasteiger partial charge in [0, 0.05) is 66.9 Å². The molecule has 216 valence electrons. The zero-order valence-electron chi connectivity index (χ0n) is 23.9. The number of piperidine rings is 1. The molecular formula is C31H51ClN2O3S. The SMILES string of the molecule is CCc1cc2c(s1)CCO[C@@]21CCN(CC2CC(NC(=O)CCCCCOCCCCCCCl)C2)[C@@H](C)C1. The normalized spacial score (nSPS) is 27.3. The summed E-state index contributed by atoms with van der Waals surface area (Å²) in [6, 6.07) is 3.36. The minimum atomic E-state index is -0.0557. The molecule has 0 radical (unpaired) electrons. The van der Waals surface area contributed by atoms with Crippen LogP contribution in [0.3, 0.4) is 0 Å². The van der Waals surface area contributed by atoms with Crippen LogP contribution in [-0.4, -0.2) is 61.7 Å². The van der Waals surface area contributed by atoms with E-state index in [0.717, 1.165) is 109 Å². The first-order chi connectivity index (χ1) is 18.5. The second kappa shape index (κ2) is 15.4. The summed E-state index contributed by atoms with van der Waals surface area (Å²) in [6.07, 6.45) is 15.0. The molecule has 1 amide bonds. The Morgan fingerprint density at radius 1 is 1.18 bits per heavy atom. The van der Waals surface area contributed by atoms with Crippen LogP contribution < -0.4 is 5.32 Å². The van der Waals surface area contributed by atoms with Gasteiger partial charge in [0.2, 0.25) is 5.91 Å². The van der Waals surface area contributed by atoms with Gasteiger partial charge >= 0.3 is 0 Å². The Hall–Kier alpha value is -0.660. The number of ether oxygens (including phenoxy) is 2. The smallest absolute Gasteiger partial charge is 0.220 e. The molecule has 1 N–H and O–H groups in total. The van der Waals surface area contributed by atoms with Crippen LogP contribution in [0.2, 0.25) is 0 Å². The lowest BCUT2D eigenvalue weighted by atomic mass is 9.76. The molecular weight excluding hydrogens is 516 g/mol. The van der Waals surface area contributed by atoms with Crippen molar-refractivity contribution in [2.75, 3.05) is 38.8 Å². The van der Waals surface area contributed by atoms with E-state index in [9.17, 15) is 4.79 Å². The molecule has 2 fully saturated rings. The van der Waals surface area contributed by atoms with Crippen LogP contribution in [0.4, 0.5) is 0 Å². The molecule has 1 saturated carbocycles. The zero-order chi connectivity index (χ0) is 26.8. The van der Waals surface area contributed by atoms with E-state index in [2.05, 4.69) is 30.1 Å². The number of unbranched alkanes of at least 4 members (excludes halogenated alkanes) is 5. The number of carbonyl (C=O) groups is 1. The largest absolute Gasteiger partial charge is 0.381 e. The summed E-state index contributed by atoms with van der Waals surface area (Å²) >= 11 is 7.70. The number of carbonyl (C=O) groups excluding carboxylic acids is 1. The highest BCUT2D eigenvalue weighted by Crippen LogP contribution is 2.46. The average Bonchev–Trinajstić information content (AvgIpc) is 3.33. The van der Waals surface area contributed by atoms with Crippen LogP contribution in [0, 0.1) is 5.92 Å². The number of nitrogens with one attached hydrogen (secondary N) is 1. The lowest BCUT2D eigenvalue weighted by Gasteiger charge is -2.49. The molecule has 0 aromatic carbocycles. The molecule has 1 aromatic rings. The van der Waals surface area contributed by atoms with Gasteiger partial charge < -0.3 is 19.7 Å². The van der Waals surface area contributed by atoms with E-state index in [-0.39, 0.29) is 11.5 Å². The second-order valence-corrected chi connectivity index (χ2v) is 13.5. The average molecular weight is 567 g/mol. The Morgan fingerprint density at radius 3 is 2.68 bits per heavy atom. The summed E-state index contributed by atoms with van der Waals surface area (Å²) in [5, 5.41) is 3.28. The molecule has 1 aromatic heterocycles. The second-order valence-electron chi connectivity index (χ2n) is 11.9. The maximum absolute atomic E-state index is 12.4. The molecule has 2 aliphatic heterocycles. The van der Waals surface area contributed by atoms with Gasteiger partial charge in [0.1, 0.15) is 0 Å². The predicted octanol–water partition coefficient (Wildman–Crippen LogP) is 6.83.